The van der Waals surface area contributed by atoms with Crippen molar-refractivity contribution in [3.63, 3.8) is 0 Å². The van der Waals surface area contributed by atoms with E-state index in [-0.39, 0.29) is 0 Å². The summed E-state index contributed by atoms with van der Waals surface area (Å²) in [5, 5.41) is 10.9. The van der Waals surface area contributed by atoms with Crippen LogP contribution < -0.4 is 0 Å². The van der Waals surface area contributed by atoms with Crippen molar-refractivity contribution in [1.82, 2.24) is 4.98 Å². The SMILES string of the molecule is Cc1nc2sc3c(c2c(C)c1C(C#N)OC[Si+](C)C)CCCC3. The van der Waals surface area contributed by atoms with Crippen LogP contribution in [0.25, 0.3) is 10.2 Å². The van der Waals surface area contributed by atoms with Crippen molar-refractivity contribution in [3.05, 3.63) is 27.3 Å². The highest BCUT2D eigenvalue weighted by atomic mass is 32.1. The van der Waals surface area contributed by atoms with Crippen LogP contribution in [-0.2, 0) is 17.6 Å². The summed E-state index contributed by atoms with van der Waals surface area (Å²) in [6.45, 7) is 8.56. The summed E-state index contributed by atoms with van der Waals surface area (Å²) < 4.78 is 5.92. The Morgan fingerprint density at radius 2 is 2.04 bits per heavy atom. The topological polar surface area (TPSA) is 45.9 Å². The maximum atomic E-state index is 9.61. The van der Waals surface area contributed by atoms with Crippen molar-refractivity contribution in [3.8, 4) is 6.07 Å². The first kappa shape index (κ1) is 16.6. The van der Waals surface area contributed by atoms with Gasteiger partial charge in [-0.3, -0.25) is 0 Å². The first-order valence-electron chi connectivity index (χ1n) is 8.24. The van der Waals surface area contributed by atoms with E-state index in [2.05, 4.69) is 26.1 Å². The quantitative estimate of drug-likeness (QED) is 0.758. The van der Waals surface area contributed by atoms with Crippen LogP contribution in [0.2, 0.25) is 13.1 Å². The van der Waals surface area contributed by atoms with Crippen LogP contribution in [0.15, 0.2) is 0 Å². The van der Waals surface area contributed by atoms with Gasteiger partial charge in [0.1, 0.15) is 4.83 Å². The minimum absolute atomic E-state index is 0.494. The van der Waals surface area contributed by atoms with Crippen molar-refractivity contribution < 1.29 is 4.74 Å². The molecule has 3 rings (SSSR count). The first-order valence-corrected chi connectivity index (χ1v) is 11.8. The zero-order chi connectivity index (χ0) is 16.6. The second-order valence-electron chi connectivity index (χ2n) is 6.65. The largest absolute Gasteiger partial charge is 0.336 e. The van der Waals surface area contributed by atoms with E-state index in [1.54, 1.807) is 0 Å². The van der Waals surface area contributed by atoms with Crippen LogP contribution in [0, 0.1) is 25.2 Å². The zero-order valence-corrected chi connectivity index (χ0v) is 16.1. The first-order chi connectivity index (χ1) is 11.0. The Balaban J connectivity index is 2.11. The molecule has 2 aromatic rings. The number of ether oxygens (including phenoxy) is 1. The molecule has 5 heteroatoms. The molecule has 0 bridgehead atoms. The normalized spacial score (nSPS) is 15.3. The van der Waals surface area contributed by atoms with Gasteiger partial charge in [-0.2, -0.15) is 5.26 Å². The van der Waals surface area contributed by atoms with Crippen molar-refractivity contribution in [2.24, 2.45) is 0 Å². The molecule has 0 saturated heterocycles. The van der Waals surface area contributed by atoms with Crippen LogP contribution in [0.1, 0.15) is 46.2 Å². The van der Waals surface area contributed by atoms with E-state index < -0.39 is 14.9 Å². The fourth-order valence-corrected chi connectivity index (χ4v) is 5.33. The lowest BCUT2D eigenvalue weighted by Crippen LogP contribution is -2.16. The lowest BCUT2D eigenvalue weighted by molar-refractivity contribution is 0.126. The van der Waals surface area contributed by atoms with Crippen molar-refractivity contribution in [2.75, 3.05) is 6.23 Å². The summed E-state index contributed by atoms with van der Waals surface area (Å²) in [6.07, 6.45) is 5.08. The summed E-state index contributed by atoms with van der Waals surface area (Å²) >= 11 is 1.84. The number of fused-ring (bicyclic) bond motifs is 3. The number of nitrogens with zero attached hydrogens (tertiary/aromatic N) is 2. The number of thiophene rings is 1. The second-order valence-corrected chi connectivity index (χ2v) is 10.4. The van der Waals surface area contributed by atoms with Gasteiger partial charge in [0.05, 0.1) is 19.2 Å². The molecule has 0 N–H and O–H groups in total. The molecule has 3 nitrogen and oxygen atoms in total. The Hall–Kier alpha value is -1.22. The van der Waals surface area contributed by atoms with Gasteiger partial charge in [0.2, 0.25) is 0 Å². The molecular weight excluding hydrogens is 320 g/mol. The average molecular weight is 344 g/mol. The van der Waals surface area contributed by atoms with Crippen molar-refractivity contribution in [1.29, 1.82) is 5.26 Å². The smallest absolute Gasteiger partial charge is 0.329 e. The third kappa shape index (κ3) is 3.08. The van der Waals surface area contributed by atoms with E-state index in [0.29, 0.717) is 6.23 Å². The number of nitriles is 1. The fraction of sp³-hybridized carbons (Fsp3) is 0.556. The predicted molar refractivity (Wildman–Crippen MR) is 97.5 cm³/mol. The minimum atomic E-state index is -0.509. The summed E-state index contributed by atoms with van der Waals surface area (Å²) in [5.74, 6) is 0. The van der Waals surface area contributed by atoms with E-state index in [0.717, 1.165) is 22.5 Å². The van der Waals surface area contributed by atoms with E-state index >= 15 is 0 Å². The molecule has 0 amide bonds. The van der Waals surface area contributed by atoms with E-state index in [1.807, 2.05) is 18.3 Å². The summed E-state index contributed by atoms with van der Waals surface area (Å²) in [6, 6.07) is 2.35. The van der Waals surface area contributed by atoms with Gasteiger partial charge in [-0.05, 0) is 50.7 Å². The number of aryl methyl sites for hydroxylation is 4. The predicted octanol–water partition coefficient (Wildman–Crippen LogP) is 4.67. The van der Waals surface area contributed by atoms with Crippen LogP contribution in [-0.4, -0.2) is 20.0 Å². The van der Waals surface area contributed by atoms with Gasteiger partial charge in [0.25, 0.3) is 0 Å². The molecule has 0 aliphatic heterocycles. The van der Waals surface area contributed by atoms with Gasteiger partial charge in [-0.25, -0.2) is 4.98 Å². The van der Waals surface area contributed by atoms with Gasteiger partial charge in [0.15, 0.2) is 12.3 Å². The molecule has 120 valence electrons. The molecule has 23 heavy (non-hydrogen) atoms. The molecule has 0 aromatic carbocycles. The van der Waals surface area contributed by atoms with Crippen LogP contribution in [0.5, 0.6) is 0 Å². The van der Waals surface area contributed by atoms with E-state index in [1.165, 1.54) is 40.7 Å². The average Bonchev–Trinajstić information content (AvgIpc) is 2.88. The highest BCUT2D eigenvalue weighted by Crippen LogP contribution is 2.40. The Bertz CT molecular complexity index is 776. The van der Waals surface area contributed by atoms with Crippen LogP contribution >= 0.6 is 11.3 Å². The lowest BCUT2D eigenvalue weighted by atomic mass is 9.92. The molecule has 0 spiro atoms. The van der Waals surface area contributed by atoms with Crippen molar-refractivity contribution >= 4 is 30.4 Å². The van der Waals surface area contributed by atoms with Gasteiger partial charge in [-0.1, -0.05) is 0 Å². The molecule has 1 aliphatic rings. The maximum absolute atomic E-state index is 9.61. The molecule has 0 radical (unpaired) electrons. The second kappa shape index (κ2) is 6.72. The number of hydrogen-bond donors (Lipinski definition) is 0. The Labute approximate surface area is 143 Å². The Kier molecular flexibility index (Phi) is 4.86. The number of pyridine rings is 1. The lowest BCUT2D eigenvalue weighted by Gasteiger charge is -2.17. The molecular formula is C18H23N2OSSi+. The fourth-order valence-electron chi connectivity index (χ4n) is 3.46. The van der Waals surface area contributed by atoms with Crippen LogP contribution in [0.3, 0.4) is 0 Å². The molecule has 2 heterocycles. The summed E-state index contributed by atoms with van der Waals surface area (Å²) in [5.41, 5.74) is 4.63. The van der Waals surface area contributed by atoms with Gasteiger partial charge >= 0.3 is 8.80 Å². The minimum Gasteiger partial charge on any atom is -0.329 e. The van der Waals surface area contributed by atoms with Gasteiger partial charge < -0.3 is 4.74 Å². The Morgan fingerprint density at radius 1 is 1.30 bits per heavy atom. The monoisotopic (exact) mass is 343 g/mol. The Morgan fingerprint density at radius 3 is 2.74 bits per heavy atom. The molecule has 1 aliphatic carbocycles. The summed E-state index contributed by atoms with van der Waals surface area (Å²) in [7, 11) is -0.509. The maximum Gasteiger partial charge on any atom is 0.336 e. The highest BCUT2D eigenvalue weighted by molar-refractivity contribution is 7.18. The van der Waals surface area contributed by atoms with Crippen LogP contribution in [0.4, 0.5) is 0 Å². The van der Waals surface area contributed by atoms with Gasteiger partial charge in [-0.15, -0.1) is 11.3 Å². The molecule has 0 fully saturated rings. The van der Waals surface area contributed by atoms with E-state index in [9.17, 15) is 5.26 Å². The van der Waals surface area contributed by atoms with Gasteiger partial charge in [0, 0.05) is 21.5 Å². The summed E-state index contributed by atoms with van der Waals surface area (Å²) in [4.78, 5) is 7.48. The standard InChI is InChI=1S/C18H23N2OSSi/c1-11-16(14(9-19)21-10-23(3)4)12(2)20-18-17(11)13-7-5-6-8-15(13)22-18/h14H,5-8,10H2,1-4H3/q+1. The molecule has 0 saturated carbocycles. The number of aromatic nitrogens is 1. The van der Waals surface area contributed by atoms with Crippen molar-refractivity contribution in [2.45, 2.75) is 58.7 Å². The highest BCUT2D eigenvalue weighted by Gasteiger charge is 2.26. The molecule has 2 aromatic heterocycles. The molecule has 1 atom stereocenters. The molecule has 1 unspecified atom stereocenters. The number of rotatable bonds is 4. The van der Waals surface area contributed by atoms with E-state index in [4.69, 9.17) is 9.72 Å². The zero-order valence-electron chi connectivity index (χ0n) is 14.3. The number of hydrogen-bond acceptors (Lipinski definition) is 4. The third-order valence-electron chi connectivity index (χ3n) is 4.51. The third-order valence-corrected chi connectivity index (χ3v) is 6.44.